The van der Waals surface area contributed by atoms with Crippen LogP contribution in [-0.2, 0) is 16.0 Å². The van der Waals surface area contributed by atoms with Crippen molar-refractivity contribution >= 4 is 17.7 Å². The SMILES string of the molecule is O=C1OCC[C@H]1Sc1nnc(Cc2ccccc2)n1-c1ccc(F)cc1. The van der Waals surface area contributed by atoms with Gasteiger partial charge in [0.05, 0.1) is 6.61 Å². The first kappa shape index (κ1) is 16.8. The van der Waals surface area contributed by atoms with Crippen LogP contribution in [0.4, 0.5) is 4.39 Å². The maximum Gasteiger partial charge on any atom is 0.319 e. The highest BCUT2D eigenvalue weighted by atomic mass is 32.2. The molecule has 2 aromatic carbocycles. The van der Waals surface area contributed by atoms with Crippen LogP contribution in [0.15, 0.2) is 59.8 Å². The molecule has 0 amide bonds. The minimum absolute atomic E-state index is 0.228. The molecule has 1 aliphatic heterocycles. The third-order valence-corrected chi connectivity index (χ3v) is 5.31. The maximum absolute atomic E-state index is 13.3. The number of hydrogen-bond donors (Lipinski definition) is 0. The van der Waals surface area contributed by atoms with Crippen LogP contribution in [0.1, 0.15) is 17.8 Å². The van der Waals surface area contributed by atoms with Gasteiger partial charge in [-0.05, 0) is 29.8 Å². The molecule has 0 aliphatic carbocycles. The van der Waals surface area contributed by atoms with Gasteiger partial charge >= 0.3 is 5.97 Å². The molecule has 26 heavy (non-hydrogen) atoms. The van der Waals surface area contributed by atoms with E-state index < -0.39 is 0 Å². The van der Waals surface area contributed by atoms with E-state index in [0.29, 0.717) is 24.6 Å². The molecule has 1 aliphatic rings. The van der Waals surface area contributed by atoms with Crippen molar-refractivity contribution in [2.75, 3.05) is 6.61 Å². The Morgan fingerprint density at radius 1 is 1.12 bits per heavy atom. The lowest BCUT2D eigenvalue weighted by Gasteiger charge is -2.11. The number of thioether (sulfide) groups is 1. The molecule has 1 aromatic heterocycles. The third kappa shape index (κ3) is 3.48. The number of ether oxygens (including phenoxy) is 1. The zero-order chi connectivity index (χ0) is 17.9. The number of carbonyl (C=O) groups is 1. The van der Waals surface area contributed by atoms with Crippen molar-refractivity contribution < 1.29 is 13.9 Å². The summed E-state index contributed by atoms with van der Waals surface area (Å²) in [6.45, 7) is 0.429. The number of aromatic nitrogens is 3. The number of cyclic esters (lactones) is 1. The van der Waals surface area contributed by atoms with E-state index in [2.05, 4.69) is 10.2 Å². The highest BCUT2D eigenvalue weighted by molar-refractivity contribution is 8.00. The standard InChI is InChI=1S/C19H16FN3O2S/c20-14-6-8-15(9-7-14)23-17(12-13-4-2-1-3-5-13)21-22-19(23)26-16-10-11-25-18(16)24/h1-9,16H,10-12H2/t16-/m1/s1. The van der Waals surface area contributed by atoms with Gasteiger partial charge in [0, 0.05) is 18.5 Å². The summed E-state index contributed by atoms with van der Waals surface area (Å²) < 4.78 is 20.3. The number of nitrogens with zero attached hydrogens (tertiary/aromatic N) is 3. The quantitative estimate of drug-likeness (QED) is 0.645. The van der Waals surface area contributed by atoms with E-state index in [1.54, 1.807) is 12.1 Å². The number of hydrogen-bond acceptors (Lipinski definition) is 5. The molecule has 1 atom stereocenters. The predicted octanol–water partition coefficient (Wildman–Crippen LogP) is 3.40. The van der Waals surface area contributed by atoms with Gasteiger partial charge in [-0.3, -0.25) is 9.36 Å². The van der Waals surface area contributed by atoms with Crippen LogP contribution in [0.3, 0.4) is 0 Å². The minimum Gasteiger partial charge on any atom is -0.465 e. The van der Waals surface area contributed by atoms with Gasteiger partial charge in [0.25, 0.3) is 0 Å². The Hall–Kier alpha value is -2.67. The Morgan fingerprint density at radius 3 is 2.58 bits per heavy atom. The van der Waals surface area contributed by atoms with Gasteiger partial charge in [0.2, 0.25) is 0 Å². The molecule has 5 nitrogen and oxygen atoms in total. The molecule has 4 rings (SSSR count). The van der Waals surface area contributed by atoms with Crippen molar-refractivity contribution in [3.63, 3.8) is 0 Å². The molecule has 132 valence electrons. The molecule has 0 bridgehead atoms. The van der Waals surface area contributed by atoms with Crippen molar-refractivity contribution in [1.29, 1.82) is 0 Å². The monoisotopic (exact) mass is 369 g/mol. The molecular weight excluding hydrogens is 353 g/mol. The summed E-state index contributed by atoms with van der Waals surface area (Å²) in [6, 6.07) is 16.1. The van der Waals surface area contributed by atoms with E-state index in [1.807, 2.05) is 34.9 Å². The lowest BCUT2D eigenvalue weighted by molar-refractivity contribution is -0.137. The molecule has 1 fully saturated rings. The topological polar surface area (TPSA) is 57.0 Å². The Kier molecular flexibility index (Phi) is 4.71. The van der Waals surface area contributed by atoms with Crippen LogP contribution in [0.25, 0.3) is 5.69 Å². The molecule has 3 aromatic rings. The second-order valence-electron chi connectivity index (χ2n) is 5.94. The molecule has 2 heterocycles. The summed E-state index contributed by atoms with van der Waals surface area (Å²) in [5.74, 6) is 0.199. The highest BCUT2D eigenvalue weighted by Crippen LogP contribution is 2.31. The number of esters is 1. The Bertz CT molecular complexity index is 912. The van der Waals surface area contributed by atoms with E-state index in [0.717, 1.165) is 17.1 Å². The van der Waals surface area contributed by atoms with Gasteiger partial charge in [-0.25, -0.2) is 4.39 Å². The number of rotatable bonds is 5. The fourth-order valence-corrected chi connectivity index (χ4v) is 3.87. The van der Waals surface area contributed by atoms with Crippen LogP contribution < -0.4 is 0 Å². The summed E-state index contributed by atoms with van der Waals surface area (Å²) in [6.07, 6.45) is 1.23. The van der Waals surface area contributed by atoms with Gasteiger partial charge in [-0.2, -0.15) is 0 Å². The number of halogens is 1. The van der Waals surface area contributed by atoms with Crippen molar-refractivity contribution in [2.45, 2.75) is 23.2 Å². The maximum atomic E-state index is 13.3. The average Bonchev–Trinajstić information content (AvgIpc) is 3.24. The van der Waals surface area contributed by atoms with Crippen molar-refractivity contribution in [3.05, 3.63) is 71.8 Å². The third-order valence-electron chi connectivity index (χ3n) is 4.13. The highest BCUT2D eigenvalue weighted by Gasteiger charge is 2.30. The molecule has 1 saturated heterocycles. The smallest absolute Gasteiger partial charge is 0.319 e. The van der Waals surface area contributed by atoms with Crippen LogP contribution in [0.2, 0.25) is 0 Å². The van der Waals surface area contributed by atoms with Gasteiger partial charge < -0.3 is 4.74 Å². The van der Waals surface area contributed by atoms with E-state index in [9.17, 15) is 9.18 Å². The summed E-state index contributed by atoms with van der Waals surface area (Å²) in [7, 11) is 0. The van der Waals surface area contributed by atoms with Gasteiger partial charge in [-0.15, -0.1) is 10.2 Å². The Morgan fingerprint density at radius 2 is 1.88 bits per heavy atom. The van der Waals surface area contributed by atoms with E-state index >= 15 is 0 Å². The first-order valence-corrected chi connectivity index (χ1v) is 9.16. The van der Waals surface area contributed by atoms with Crippen LogP contribution in [-0.4, -0.2) is 32.6 Å². The molecular formula is C19H16FN3O2S. The zero-order valence-corrected chi connectivity index (χ0v) is 14.7. The fourth-order valence-electron chi connectivity index (χ4n) is 2.83. The van der Waals surface area contributed by atoms with Crippen LogP contribution in [0.5, 0.6) is 0 Å². The largest absolute Gasteiger partial charge is 0.465 e. The second kappa shape index (κ2) is 7.29. The summed E-state index contributed by atoms with van der Waals surface area (Å²) in [5.41, 5.74) is 1.86. The summed E-state index contributed by atoms with van der Waals surface area (Å²) >= 11 is 1.34. The first-order chi connectivity index (χ1) is 12.7. The van der Waals surface area contributed by atoms with Gasteiger partial charge in [-0.1, -0.05) is 42.1 Å². The Labute approximate surface area is 154 Å². The second-order valence-corrected chi connectivity index (χ2v) is 7.11. The first-order valence-electron chi connectivity index (χ1n) is 8.28. The molecule has 0 spiro atoms. The summed E-state index contributed by atoms with van der Waals surface area (Å²) in [4.78, 5) is 11.8. The van der Waals surface area contributed by atoms with Crippen LogP contribution >= 0.6 is 11.8 Å². The number of benzene rings is 2. The zero-order valence-electron chi connectivity index (χ0n) is 13.8. The minimum atomic E-state index is -0.306. The molecule has 0 unspecified atom stereocenters. The molecule has 0 saturated carbocycles. The van der Waals surface area contributed by atoms with E-state index in [-0.39, 0.29) is 17.0 Å². The van der Waals surface area contributed by atoms with Crippen molar-refractivity contribution in [1.82, 2.24) is 14.8 Å². The number of carbonyl (C=O) groups excluding carboxylic acids is 1. The van der Waals surface area contributed by atoms with Gasteiger partial charge in [0.1, 0.15) is 16.9 Å². The lowest BCUT2D eigenvalue weighted by Crippen LogP contribution is -2.11. The fraction of sp³-hybridized carbons (Fsp3) is 0.211. The lowest BCUT2D eigenvalue weighted by atomic mass is 10.1. The molecule has 0 N–H and O–H groups in total. The average molecular weight is 369 g/mol. The Balaban J connectivity index is 1.71. The normalized spacial score (nSPS) is 16.7. The van der Waals surface area contributed by atoms with E-state index in [1.165, 1.54) is 23.9 Å². The molecule has 7 heteroatoms. The molecule has 0 radical (unpaired) electrons. The predicted molar refractivity (Wildman–Crippen MR) is 95.8 cm³/mol. The van der Waals surface area contributed by atoms with Gasteiger partial charge in [0.15, 0.2) is 5.16 Å². The van der Waals surface area contributed by atoms with Crippen molar-refractivity contribution in [2.24, 2.45) is 0 Å². The van der Waals surface area contributed by atoms with Crippen molar-refractivity contribution in [3.8, 4) is 5.69 Å². The van der Waals surface area contributed by atoms with E-state index in [4.69, 9.17) is 4.74 Å². The van der Waals surface area contributed by atoms with Crippen LogP contribution in [0, 0.1) is 5.82 Å². The summed E-state index contributed by atoms with van der Waals surface area (Å²) in [5, 5.41) is 8.92.